The monoisotopic (exact) mass is 261 g/mol. The van der Waals surface area contributed by atoms with Crippen molar-refractivity contribution >= 4 is 18.3 Å². The Bertz CT molecular complexity index is 244. The maximum atomic E-state index is 11.2. The minimum Gasteiger partial charge on any atom is -0.368 e. The Morgan fingerprint density at radius 1 is 1.29 bits per heavy atom. The number of amides is 1. The third-order valence-electron chi connectivity index (χ3n) is 3.98. The molecule has 5 heteroatoms. The number of carbonyl (C=O) groups excluding carboxylic acids is 1. The lowest BCUT2D eigenvalue weighted by atomic mass is 9.94. The van der Waals surface area contributed by atoms with Crippen LogP contribution in [0.5, 0.6) is 0 Å². The summed E-state index contributed by atoms with van der Waals surface area (Å²) in [5.74, 6) is 0.707. The Morgan fingerprint density at radius 2 is 2.00 bits per heavy atom. The Labute approximate surface area is 110 Å². The number of nitrogens with two attached hydrogens (primary N) is 1. The average Bonchev–Trinajstić information content (AvgIpc) is 2.76. The van der Waals surface area contributed by atoms with Crippen molar-refractivity contribution in [1.29, 1.82) is 0 Å². The summed E-state index contributed by atoms with van der Waals surface area (Å²) in [4.78, 5) is 13.5. The van der Waals surface area contributed by atoms with Gasteiger partial charge in [0.05, 0.1) is 6.04 Å². The van der Waals surface area contributed by atoms with Crippen LogP contribution in [-0.2, 0) is 4.79 Å². The molecule has 0 radical (unpaired) electrons. The molecule has 0 aromatic heterocycles. The van der Waals surface area contributed by atoms with Crippen molar-refractivity contribution in [2.24, 2.45) is 11.7 Å². The second kappa shape index (κ2) is 7.19. The van der Waals surface area contributed by atoms with E-state index in [0.717, 1.165) is 44.9 Å². The van der Waals surface area contributed by atoms with Gasteiger partial charge in [0.1, 0.15) is 0 Å². The van der Waals surface area contributed by atoms with Crippen LogP contribution < -0.4 is 11.1 Å². The number of hydrogen-bond donors (Lipinski definition) is 2. The third kappa shape index (κ3) is 4.12. The Hall–Kier alpha value is -0.320. The molecule has 1 amide bonds. The van der Waals surface area contributed by atoms with Crippen molar-refractivity contribution in [2.75, 3.05) is 26.2 Å². The van der Waals surface area contributed by atoms with E-state index in [4.69, 9.17) is 5.73 Å². The van der Waals surface area contributed by atoms with E-state index in [0.29, 0.717) is 0 Å². The molecule has 2 rings (SSSR count). The maximum Gasteiger partial charge on any atom is 0.234 e. The number of nitrogens with one attached hydrogen (secondary N) is 1. The molecule has 2 aliphatic rings. The fourth-order valence-electron chi connectivity index (χ4n) is 2.93. The highest BCUT2D eigenvalue weighted by Gasteiger charge is 2.29. The summed E-state index contributed by atoms with van der Waals surface area (Å²) in [7, 11) is 0. The highest BCUT2D eigenvalue weighted by molar-refractivity contribution is 5.85. The number of likely N-dealkylation sites (tertiary alicyclic amines) is 1. The topological polar surface area (TPSA) is 58.4 Å². The molecule has 0 spiro atoms. The zero-order valence-electron chi connectivity index (χ0n) is 10.4. The normalized spacial score (nSPS) is 26.7. The van der Waals surface area contributed by atoms with Crippen molar-refractivity contribution in [3.8, 4) is 0 Å². The van der Waals surface area contributed by atoms with E-state index in [9.17, 15) is 4.79 Å². The maximum absolute atomic E-state index is 11.2. The average molecular weight is 262 g/mol. The van der Waals surface area contributed by atoms with Crippen molar-refractivity contribution in [3.05, 3.63) is 0 Å². The molecule has 100 valence electrons. The molecule has 0 aromatic rings. The number of rotatable bonds is 4. The van der Waals surface area contributed by atoms with E-state index in [2.05, 4.69) is 10.2 Å². The van der Waals surface area contributed by atoms with Crippen LogP contribution in [-0.4, -0.2) is 43.0 Å². The second-order valence-corrected chi connectivity index (χ2v) is 5.08. The van der Waals surface area contributed by atoms with Crippen LogP contribution in [0.25, 0.3) is 0 Å². The van der Waals surface area contributed by atoms with Crippen LogP contribution in [0.3, 0.4) is 0 Å². The summed E-state index contributed by atoms with van der Waals surface area (Å²) in [6.45, 7) is 4.42. The molecule has 2 fully saturated rings. The molecule has 0 saturated carbocycles. The number of primary amides is 1. The van der Waals surface area contributed by atoms with Gasteiger partial charge in [0.2, 0.25) is 5.91 Å². The van der Waals surface area contributed by atoms with Crippen LogP contribution in [0.15, 0.2) is 0 Å². The van der Waals surface area contributed by atoms with E-state index in [-0.39, 0.29) is 24.4 Å². The summed E-state index contributed by atoms with van der Waals surface area (Å²) in [6.07, 6.45) is 5.89. The number of piperidine rings is 1. The molecule has 1 atom stereocenters. The van der Waals surface area contributed by atoms with Crippen LogP contribution in [0.2, 0.25) is 0 Å². The highest BCUT2D eigenvalue weighted by Crippen LogP contribution is 2.21. The lowest BCUT2D eigenvalue weighted by Gasteiger charge is -2.27. The van der Waals surface area contributed by atoms with Crippen molar-refractivity contribution in [2.45, 2.75) is 38.1 Å². The molecule has 17 heavy (non-hydrogen) atoms. The number of carbonyl (C=O) groups is 1. The first kappa shape index (κ1) is 14.7. The first-order valence-electron chi connectivity index (χ1n) is 6.51. The Balaban J connectivity index is 0.00000144. The smallest absolute Gasteiger partial charge is 0.234 e. The molecule has 2 saturated heterocycles. The first-order chi connectivity index (χ1) is 7.77. The lowest BCUT2D eigenvalue weighted by molar-refractivity contribution is -0.122. The highest BCUT2D eigenvalue weighted by atomic mass is 35.5. The van der Waals surface area contributed by atoms with Gasteiger partial charge in [-0.3, -0.25) is 9.69 Å². The molecule has 2 heterocycles. The predicted octanol–water partition coefficient (Wildman–Crippen LogP) is 0.748. The minimum atomic E-state index is -0.136. The fourth-order valence-corrected chi connectivity index (χ4v) is 2.93. The van der Waals surface area contributed by atoms with Gasteiger partial charge in [-0.05, 0) is 64.2 Å². The molecular weight excluding hydrogens is 238 g/mol. The molecule has 0 bridgehead atoms. The lowest BCUT2D eigenvalue weighted by Crippen LogP contribution is -2.41. The molecule has 2 aliphatic heterocycles. The summed E-state index contributed by atoms with van der Waals surface area (Å²) >= 11 is 0. The Morgan fingerprint density at radius 3 is 2.65 bits per heavy atom. The van der Waals surface area contributed by atoms with Crippen LogP contribution >= 0.6 is 12.4 Å². The van der Waals surface area contributed by atoms with E-state index in [1.807, 2.05) is 0 Å². The number of hydrogen-bond acceptors (Lipinski definition) is 3. The van der Waals surface area contributed by atoms with Gasteiger partial charge in [-0.25, -0.2) is 0 Å². The number of nitrogens with zero attached hydrogens (tertiary/aromatic N) is 1. The molecule has 0 aliphatic carbocycles. The molecule has 4 nitrogen and oxygen atoms in total. The van der Waals surface area contributed by atoms with Gasteiger partial charge in [-0.15, -0.1) is 12.4 Å². The van der Waals surface area contributed by atoms with Gasteiger partial charge in [0.25, 0.3) is 0 Å². The largest absolute Gasteiger partial charge is 0.368 e. The fraction of sp³-hybridized carbons (Fsp3) is 0.917. The summed E-state index contributed by atoms with van der Waals surface area (Å²) in [5.41, 5.74) is 5.41. The zero-order chi connectivity index (χ0) is 11.4. The third-order valence-corrected chi connectivity index (χ3v) is 3.98. The van der Waals surface area contributed by atoms with Crippen molar-refractivity contribution in [1.82, 2.24) is 10.2 Å². The van der Waals surface area contributed by atoms with Crippen molar-refractivity contribution < 1.29 is 4.79 Å². The van der Waals surface area contributed by atoms with Gasteiger partial charge >= 0.3 is 0 Å². The van der Waals surface area contributed by atoms with Crippen LogP contribution in [0, 0.1) is 5.92 Å². The van der Waals surface area contributed by atoms with Gasteiger partial charge in [-0.1, -0.05) is 0 Å². The molecule has 3 N–H and O–H groups in total. The van der Waals surface area contributed by atoms with E-state index in [1.54, 1.807) is 0 Å². The standard InChI is InChI=1S/C12H23N3O.ClH/c13-12(16)11-2-1-8-15(11)9-5-10-3-6-14-7-4-10;/h10-11,14H,1-9H2,(H2,13,16);1H. The van der Waals surface area contributed by atoms with E-state index >= 15 is 0 Å². The Kier molecular flexibility index (Phi) is 6.23. The van der Waals surface area contributed by atoms with Gasteiger partial charge in [-0.2, -0.15) is 0 Å². The SMILES string of the molecule is Cl.NC(=O)C1CCCN1CCC1CCNCC1. The predicted molar refractivity (Wildman–Crippen MR) is 71.2 cm³/mol. The van der Waals surface area contributed by atoms with Crippen LogP contribution in [0.4, 0.5) is 0 Å². The van der Waals surface area contributed by atoms with Crippen molar-refractivity contribution in [3.63, 3.8) is 0 Å². The minimum absolute atomic E-state index is 0. The molecule has 1 unspecified atom stereocenters. The summed E-state index contributed by atoms with van der Waals surface area (Å²) < 4.78 is 0. The summed E-state index contributed by atoms with van der Waals surface area (Å²) in [5, 5.41) is 3.38. The molecular formula is C12H24ClN3O. The number of halogens is 1. The van der Waals surface area contributed by atoms with Gasteiger partial charge in [0, 0.05) is 0 Å². The van der Waals surface area contributed by atoms with Gasteiger partial charge < -0.3 is 11.1 Å². The quantitative estimate of drug-likeness (QED) is 0.785. The van der Waals surface area contributed by atoms with Gasteiger partial charge in [0.15, 0.2) is 0 Å². The van der Waals surface area contributed by atoms with E-state index in [1.165, 1.54) is 19.3 Å². The first-order valence-corrected chi connectivity index (χ1v) is 6.51. The van der Waals surface area contributed by atoms with Crippen LogP contribution in [0.1, 0.15) is 32.1 Å². The zero-order valence-corrected chi connectivity index (χ0v) is 11.2. The van der Waals surface area contributed by atoms with E-state index < -0.39 is 0 Å². The summed E-state index contributed by atoms with van der Waals surface area (Å²) in [6, 6.07) is 0.0155. The molecule has 0 aromatic carbocycles. The second-order valence-electron chi connectivity index (χ2n) is 5.08.